The minimum atomic E-state index is -0.812. The van der Waals surface area contributed by atoms with E-state index in [4.69, 9.17) is 33.2 Å². The van der Waals surface area contributed by atoms with Crippen LogP contribution in [0.15, 0.2) is 11.6 Å². The van der Waals surface area contributed by atoms with E-state index in [9.17, 15) is 14.7 Å². The Hall–Kier alpha value is -1.44. The molecule has 3 saturated heterocycles. The van der Waals surface area contributed by atoms with Crippen molar-refractivity contribution >= 4 is 11.8 Å². The van der Waals surface area contributed by atoms with Crippen molar-refractivity contribution < 1.29 is 47.9 Å². The maximum absolute atomic E-state index is 14.7. The number of hydrogen-bond acceptors (Lipinski definition) is 11. The second kappa shape index (κ2) is 18.2. The van der Waals surface area contributed by atoms with Crippen LogP contribution >= 0.6 is 0 Å². The van der Waals surface area contributed by atoms with E-state index in [1.54, 1.807) is 14.2 Å². The fourth-order valence-electron chi connectivity index (χ4n) is 11.0. The fraction of sp³-hybridized carbons (Fsp3) is 0.905. The number of cyclic esters (lactones) is 1. The smallest absolute Gasteiger partial charge is 0.306 e. The average molecular weight is 748 g/mol. The van der Waals surface area contributed by atoms with Gasteiger partial charge in [-0.15, -0.1) is 0 Å². The number of rotatable bonds is 10. The standard InChI is InChI=1S/C42H69NO10/c1-9-10-12-27-13-11-14-35(53-37-18-17-34(43(5)6)24(3)49-37)23(2)38(45)33-21-31-29(32(33)22-36(44)51-27)16-15-26-19-28(20-30(26)31)52-42-41(48-8)40(47-7)39(46)25(4)50-42/h21,23-32,34-35,37,39-42,46H,9-20,22H2,1-8H3/t23-,24-,25+,26?,27+,28?,29?,30?,31?,32?,34+,35+,37?,39+,40-,41-,42+/m1/s1. The number of carbonyl (C=O) groups is 2. The molecule has 3 aliphatic heterocycles. The summed E-state index contributed by atoms with van der Waals surface area (Å²) in [5.41, 5.74) is 0.806. The molecule has 53 heavy (non-hydrogen) atoms. The van der Waals surface area contributed by atoms with Gasteiger partial charge in [0.1, 0.15) is 24.4 Å². The van der Waals surface area contributed by atoms with Gasteiger partial charge in [-0.05, 0) is 121 Å². The first-order chi connectivity index (χ1) is 25.4. The van der Waals surface area contributed by atoms with Crippen molar-refractivity contribution in [1.29, 1.82) is 0 Å². The number of hydrogen-bond donors (Lipinski definition) is 1. The zero-order chi connectivity index (χ0) is 38.0. The van der Waals surface area contributed by atoms with Gasteiger partial charge in [0.05, 0.1) is 30.8 Å². The Labute approximate surface area is 318 Å². The molecule has 1 N–H and O–H groups in total. The van der Waals surface area contributed by atoms with Crippen LogP contribution in [0.4, 0.5) is 0 Å². The molecule has 6 rings (SSSR count). The maximum Gasteiger partial charge on any atom is 0.306 e. The number of unbranched alkanes of at least 4 members (excludes halogenated alkanes) is 1. The van der Waals surface area contributed by atoms with Crippen LogP contribution in [0, 0.1) is 35.5 Å². The number of carbonyl (C=O) groups excluding carboxylic acids is 2. The Kier molecular flexibility index (Phi) is 14.2. The van der Waals surface area contributed by atoms with Gasteiger partial charge in [0.25, 0.3) is 0 Å². The third kappa shape index (κ3) is 9.08. The molecule has 0 aromatic heterocycles. The van der Waals surface area contributed by atoms with Crippen LogP contribution in [0.25, 0.3) is 0 Å². The second-order valence-electron chi connectivity index (χ2n) is 17.4. The fourth-order valence-corrected chi connectivity index (χ4v) is 11.0. The number of methoxy groups -OCH3 is 2. The van der Waals surface area contributed by atoms with E-state index in [2.05, 4.69) is 38.9 Å². The van der Waals surface area contributed by atoms with Crippen LogP contribution in [0.5, 0.6) is 0 Å². The summed E-state index contributed by atoms with van der Waals surface area (Å²) in [6, 6.07) is 0.340. The first-order valence-corrected chi connectivity index (χ1v) is 20.9. The van der Waals surface area contributed by atoms with Gasteiger partial charge >= 0.3 is 5.97 Å². The van der Waals surface area contributed by atoms with Gasteiger partial charge in [-0.25, -0.2) is 0 Å². The minimum absolute atomic E-state index is 0.0394. The summed E-state index contributed by atoms with van der Waals surface area (Å²) in [4.78, 5) is 30.6. The molecule has 0 bridgehead atoms. The van der Waals surface area contributed by atoms with Gasteiger partial charge in [-0.1, -0.05) is 32.8 Å². The first kappa shape index (κ1) is 41.2. The lowest BCUT2D eigenvalue weighted by molar-refractivity contribution is -0.311. The summed E-state index contributed by atoms with van der Waals surface area (Å²) in [7, 11) is 7.36. The second-order valence-corrected chi connectivity index (χ2v) is 17.4. The van der Waals surface area contributed by atoms with Crippen LogP contribution in [-0.2, 0) is 42.7 Å². The van der Waals surface area contributed by atoms with Crippen LogP contribution in [0.2, 0.25) is 0 Å². The van der Waals surface area contributed by atoms with Crippen molar-refractivity contribution in [3.63, 3.8) is 0 Å². The Bertz CT molecular complexity index is 1260. The van der Waals surface area contributed by atoms with E-state index < -0.39 is 30.7 Å². The largest absolute Gasteiger partial charge is 0.462 e. The summed E-state index contributed by atoms with van der Waals surface area (Å²) in [6.07, 6.45) is 9.53. The van der Waals surface area contributed by atoms with E-state index in [-0.39, 0.29) is 72.6 Å². The van der Waals surface area contributed by atoms with Crippen molar-refractivity contribution in [2.24, 2.45) is 35.5 Å². The SMILES string of the molecule is CCCC[C@H]1CCC[C@H](OC2CC[C@H](N(C)C)[C@@H](C)O2)[C@@H](C)C(=O)C2=CC3C4CC(O[C@@H]5O[C@@H](C)[C@H](O)[C@@H](OC)[C@H]5OC)CC4CCC3C2CC(=O)O1. The molecule has 17 atom stereocenters. The van der Waals surface area contributed by atoms with Gasteiger partial charge in [0, 0.05) is 32.1 Å². The number of nitrogens with zero attached hydrogens (tertiary/aromatic N) is 1. The molecule has 5 fully saturated rings. The number of aliphatic hydroxyl groups excluding tert-OH is 1. The molecule has 0 amide bonds. The highest BCUT2D eigenvalue weighted by atomic mass is 16.7. The summed E-state index contributed by atoms with van der Waals surface area (Å²) >= 11 is 0. The van der Waals surface area contributed by atoms with Gasteiger partial charge in [0.2, 0.25) is 0 Å². The van der Waals surface area contributed by atoms with Crippen molar-refractivity contribution in [3.05, 3.63) is 11.6 Å². The number of likely N-dealkylation sites (N-methyl/N-ethyl adjacent to an activating group) is 1. The third-order valence-electron chi connectivity index (χ3n) is 13.9. The highest BCUT2D eigenvalue weighted by Crippen LogP contribution is 2.57. The topological polar surface area (TPSA) is 122 Å². The number of allylic oxidation sites excluding steroid dienone is 2. The Morgan fingerprint density at radius 2 is 1.66 bits per heavy atom. The highest BCUT2D eigenvalue weighted by molar-refractivity contribution is 5.99. The lowest BCUT2D eigenvalue weighted by Gasteiger charge is -2.43. The van der Waals surface area contributed by atoms with Gasteiger partial charge in [-0.3, -0.25) is 9.59 Å². The van der Waals surface area contributed by atoms with Crippen molar-refractivity contribution in [2.45, 2.75) is 179 Å². The Morgan fingerprint density at radius 3 is 2.36 bits per heavy atom. The number of aliphatic hydroxyl groups is 1. The summed E-state index contributed by atoms with van der Waals surface area (Å²) in [6.45, 7) is 8.15. The molecule has 11 heteroatoms. The number of fused-ring (bicyclic) bond motifs is 5. The molecule has 7 unspecified atom stereocenters. The monoisotopic (exact) mass is 747 g/mol. The summed E-state index contributed by atoms with van der Waals surface area (Å²) in [5.74, 6) is 0.619. The summed E-state index contributed by atoms with van der Waals surface area (Å²) < 4.78 is 43.6. The normalized spacial score (nSPS) is 45.4. The first-order valence-electron chi connectivity index (χ1n) is 20.9. The molecule has 3 aliphatic carbocycles. The summed E-state index contributed by atoms with van der Waals surface area (Å²) in [5, 5.41) is 10.7. The molecular formula is C42H69NO10. The third-order valence-corrected chi connectivity index (χ3v) is 13.9. The molecule has 2 saturated carbocycles. The van der Waals surface area contributed by atoms with Crippen molar-refractivity contribution in [2.75, 3.05) is 28.3 Å². The van der Waals surface area contributed by atoms with E-state index in [1.165, 1.54) is 0 Å². The molecule has 6 aliphatic rings. The molecule has 0 radical (unpaired) electrons. The molecular weight excluding hydrogens is 678 g/mol. The predicted octanol–water partition coefficient (Wildman–Crippen LogP) is 5.84. The van der Waals surface area contributed by atoms with Crippen LogP contribution in [-0.4, -0.2) is 118 Å². The lowest BCUT2D eigenvalue weighted by atomic mass is 9.66. The average Bonchev–Trinajstić information content (AvgIpc) is 3.71. The van der Waals surface area contributed by atoms with Gasteiger partial charge in [0.15, 0.2) is 18.4 Å². The Morgan fingerprint density at radius 1 is 0.887 bits per heavy atom. The van der Waals surface area contributed by atoms with Crippen molar-refractivity contribution in [1.82, 2.24) is 4.90 Å². The quantitative estimate of drug-likeness (QED) is 0.272. The van der Waals surface area contributed by atoms with E-state index in [0.29, 0.717) is 17.9 Å². The maximum atomic E-state index is 14.7. The zero-order valence-electron chi connectivity index (χ0n) is 33.7. The Balaban J connectivity index is 1.21. The predicted molar refractivity (Wildman–Crippen MR) is 199 cm³/mol. The number of Topliss-reactive ketones (excluding diaryl/α,β-unsaturated/α-hetero) is 1. The molecule has 11 nitrogen and oxygen atoms in total. The number of esters is 1. The molecule has 3 heterocycles. The van der Waals surface area contributed by atoms with Crippen LogP contribution < -0.4 is 0 Å². The van der Waals surface area contributed by atoms with Crippen LogP contribution in [0.1, 0.15) is 111 Å². The van der Waals surface area contributed by atoms with Gasteiger partial charge in [-0.2, -0.15) is 0 Å². The molecule has 0 aromatic carbocycles. The lowest BCUT2D eigenvalue weighted by Crippen LogP contribution is -2.59. The molecule has 0 aromatic rings. The van der Waals surface area contributed by atoms with E-state index in [0.717, 1.165) is 82.6 Å². The van der Waals surface area contributed by atoms with E-state index >= 15 is 0 Å². The van der Waals surface area contributed by atoms with Gasteiger partial charge < -0.3 is 43.2 Å². The highest BCUT2D eigenvalue weighted by Gasteiger charge is 2.54. The zero-order valence-corrected chi connectivity index (χ0v) is 33.7. The number of ether oxygens (including phenoxy) is 7. The van der Waals surface area contributed by atoms with Crippen molar-refractivity contribution in [3.8, 4) is 0 Å². The minimum Gasteiger partial charge on any atom is -0.462 e. The number of ketones is 1. The molecule has 0 spiro atoms. The van der Waals surface area contributed by atoms with Crippen LogP contribution in [0.3, 0.4) is 0 Å². The van der Waals surface area contributed by atoms with E-state index in [1.807, 2.05) is 13.8 Å². The molecule has 302 valence electrons.